The summed E-state index contributed by atoms with van der Waals surface area (Å²) >= 11 is 0. The van der Waals surface area contributed by atoms with Crippen LogP contribution in [0, 0.1) is 5.92 Å². The van der Waals surface area contributed by atoms with Crippen molar-refractivity contribution in [1.82, 2.24) is 9.88 Å². The van der Waals surface area contributed by atoms with Crippen molar-refractivity contribution >= 4 is 11.8 Å². The summed E-state index contributed by atoms with van der Waals surface area (Å²) in [5.41, 5.74) is 5.79. The Kier molecular flexibility index (Phi) is 4.68. The molecule has 0 bridgehead atoms. The van der Waals surface area contributed by atoms with E-state index in [1.165, 1.54) is 12.3 Å². The molecule has 1 atom stereocenters. The summed E-state index contributed by atoms with van der Waals surface area (Å²) in [6, 6.07) is 3.07. The van der Waals surface area contributed by atoms with Gasteiger partial charge < -0.3 is 15.4 Å². The number of piperidine rings is 1. The molecule has 0 aliphatic carbocycles. The number of carbonyl (C=O) groups is 2. The lowest BCUT2D eigenvalue weighted by Gasteiger charge is -2.32. The zero-order valence-electron chi connectivity index (χ0n) is 11.5. The highest BCUT2D eigenvalue weighted by molar-refractivity contribution is 5.95. The van der Waals surface area contributed by atoms with Gasteiger partial charge in [0, 0.05) is 26.4 Å². The number of rotatable bonds is 4. The SMILES string of the molecule is COCC1CCCN(C(=O)c2ccc(C(N)=O)cn2)C1. The van der Waals surface area contributed by atoms with E-state index < -0.39 is 5.91 Å². The quantitative estimate of drug-likeness (QED) is 0.877. The molecule has 6 heteroatoms. The summed E-state index contributed by atoms with van der Waals surface area (Å²) in [6.45, 7) is 2.09. The molecule has 2 N–H and O–H groups in total. The molecule has 108 valence electrons. The number of pyridine rings is 1. The van der Waals surface area contributed by atoms with Gasteiger partial charge in [0.05, 0.1) is 12.2 Å². The second kappa shape index (κ2) is 6.47. The molecule has 1 unspecified atom stereocenters. The van der Waals surface area contributed by atoms with E-state index in [0.29, 0.717) is 30.3 Å². The van der Waals surface area contributed by atoms with Gasteiger partial charge >= 0.3 is 0 Å². The van der Waals surface area contributed by atoms with Crippen LogP contribution in [0.5, 0.6) is 0 Å². The molecule has 6 nitrogen and oxygen atoms in total. The first-order chi connectivity index (χ1) is 9.61. The van der Waals surface area contributed by atoms with E-state index in [9.17, 15) is 9.59 Å². The third-order valence-electron chi connectivity index (χ3n) is 3.48. The molecule has 0 saturated carbocycles. The molecule has 1 aromatic heterocycles. The van der Waals surface area contributed by atoms with Crippen molar-refractivity contribution in [3.05, 3.63) is 29.6 Å². The number of hydrogen-bond acceptors (Lipinski definition) is 4. The molecule has 1 saturated heterocycles. The van der Waals surface area contributed by atoms with Crippen LogP contribution in [0.25, 0.3) is 0 Å². The minimum absolute atomic E-state index is 0.109. The average Bonchev–Trinajstić information content (AvgIpc) is 2.47. The molecule has 2 amide bonds. The van der Waals surface area contributed by atoms with Crippen LogP contribution in [0.15, 0.2) is 18.3 Å². The van der Waals surface area contributed by atoms with E-state index in [-0.39, 0.29) is 5.91 Å². The Morgan fingerprint density at radius 3 is 2.90 bits per heavy atom. The van der Waals surface area contributed by atoms with Crippen LogP contribution in [-0.4, -0.2) is 48.5 Å². The number of aromatic nitrogens is 1. The Bertz CT molecular complexity index is 485. The summed E-state index contributed by atoms with van der Waals surface area (Å²) in [7, 11) is 1.67. The summed E-state index contributed by atoms with van der Waals surface area (Å²) < 4.78 is 5.15. The fraction of sp³-hybridized carbons (Fsp3) is 0.500. The summed E-state index contributed by atoms with van der Waals surface area (Å²) in [6.07, 6.45) is 3.39. The standard InChI is InChI=1S/C14H19N3O3/c1-20-9-10-3-2-6-17(8-10)14(19)12-5-4-11(7-16-12)13(15)18/h4-5,7,10H,2-3,6,8-9H2,1H3,(H2,15,18). The summed E-state index contributed by atoms with van der Waals surface area (Å²) in [4.78, 5) is 29.1. The van der Waals surface area contributed by atoms with Gasteiger partial charge in [-0.25, -0.2) is 0 Å². The smallest absolute Gasteiger partial charge is 0.272 e. The lowest BCUT2D eigenvalue weighted by Crippen LogP contribution is -2.41. The zero-order chi connectivity index (χ0) is 14.5. The van der Waals surface area contributed by atoms with E-state index in [1.807, 2.05) is 0 Å². The molecule has 0 spiro atoms. The average molecular weight is 277 g/mol. The molecule has 2 heterocycles. The fourth-order valence-electron chi connectivity index (χ4n) is 2.45. The van der Waals surface area contributed by atoms with Gasteiger partial charge in [-0.3, -0.25) is 14.6 Å². The van der Waals surface area contributed by atoms with Crippen LogP contribution < -0.4 is 5.73 Å². The topological polar surface area (TPSA) is 85.5 Å². The van der Waals surface area contributed by atoms with Crippen LogP contribution in [0.2, 0.25) is 0 Å². The minimum atomic E-state index is -0.547. The molecular formula is C14H19N3O3. The number of primary amides is 1. The Balaban J connectivity index is 2.04. The maximum absolute atomic E-state index is 12.3. The predicted octanol–water partition coefficient (Wildman–Crippen LogP) is 0.679. The first-order valence-electron chi connectivity index (χ1n) is 6.66. The molecule has 0 radical (unpaired) electrons. The third kappa shape index (κ3) is 3.33. The number of carbonyl (C=O) groups excluding carboxylic acids is 2. The van der Waals surface area contributed by atoms with Crippen molar-refractivity contribution in [3.63, 3.8) is 0 Å². The van der Waals surface area contributed by atoms with Crippen molar-refractivity contribution in [1.29, 1.82) is 0 Å². The highest BCUT2D eigenvalue weighted by atomic mass is 16.5. The molecule has 20 heavy (non-hydrogen) atoms. The Labute approximate surface area is 117 Å². The number of likely N-dealkylation sites (tertiary alicyclic amines) is 1. The van der Waals surface area contributed by atoms with Crippen LogP contribution in [0.4, 0.5) is 0 Å². The number of methoxy groups -OCH3 is 1. The van der Waals surface area contributed by atoms with Gasteiger partial charge in [-0.15, -0.1) is 0 Å². The number of nitrogens with two attached hydrogens (primary N) is 1. The highest BCUT2D eigenvalue weighted by Gasteiger charge is 2.25. The zero-order valence-corrected chi connectivity index (χ0v) is 11.5. The fourth-order valence-corrected chi connectivity index (χ4v) is 2.45. The first kappa shape index (κ1) is 14.5. The van der Waals surface area contributed by atoms with Gasteiger partial charge in [0.2, 0.25) is 5.91 Å². The van der Waals surface area contributed by atoms with Crippen molar-refractivity contribution in [2.45, 2.75) is 12.8 Å². The third-order valence-corrected chi connectivity index (χ3v) is 3.48. The Hall–Kier alpha value is -1.95. The lowest BCUT2D eigenvalue weighted by atomic mass is 9.98. The summed E-state index contributed by atoms with van der Waals surface area (Å²) in [5.74, 6) is -0.279. The lowest BCUT2D eigenvalue weighted by molar-refractivity contribution is 0.0565. The van der Waals surface area contributed by atoms with Gasteiger partial charge in [-0.05, 0) is 30.9 Å². The maximum Gasteiger partial charge on any atom is 0.272 e. The van der Waals surface area contributed by atoms with Gasteiger partial charge in [-0.2, -0.15) is 0 Å². The number of hydrogen-bond donors (Lipinski definition) is 1. The number of amides is 2. The van der Waals surface area contributed by atoms with Crippen molar-refractivity contribution in [2.24, 2.45) is 11.7 Å². The predicted molar refractivity (Wildman–Crippen MR) is 73.3 cm³/mol. The van der Waals surface area contributed by atoms with Gasteiger partial charge in [0.1, 0.15) is 5.69 Å². The molecular weight excluding hydrogens is 258 g/mol. The van der Waals surface area contributed by atoms with Crippen molar-refractivity contribution in [3.8, 4) is 0 Å². The van der Waals surface area contributed by atoms with E-state index >= 15 is 0 Å². The normalized spacial score (nSPS) is 18.9. The van der Waals surface area contributed by atoms with E-state index in [1.54, 1.807) is 18.1 Å². The molecule has 1 aliphatic heterocycles. The molecule has 2 rings (SSSR count). The second-order valence-corrected chi connectivity index (χ2v) is 5.01. The van der Waals surface area contributed by atoms with Crippen LogP contribution in [0.3, 0.4) is 0 Å². The van der Waals surface area contributed by atoms with Crippen molar-refractivity contribution < 1.29 is 14.3 Å². The van der Waals surface area contributed by atoms with E-state index in [4.69, 9.17) is 10.5 Å². The van der Waals surface area contributed by atoms with E-state index in [0.717, 1.165) is 19.4 Å². The monoisotopic (exact) mass is 277 g/mol. The maximum atomic E-state index is 12.3. The van der Waals surface area contributed by atoms with Crippen LogP contribution in [0.1, 0.15) is 33.7 Å². The summed E-state index contributed by atoms with van der Waals surface area (Å²) in [5, 5.41) is 0. The van der Waals surface area contributed by atoms with Gasteiger partial charge in [0.25, 0.3) is 5.91 Å². The molecule has 1 fully saturated rings. The van der Waals surface area contributed by atoms with E-state index in [2.05, 4.69) is 4.98 Å². The first-order valence-corrected chi connectivity index (χ1v) is 6.66. The number of ether oxygens (including phenoxy) is 1. The molecule has 1 aliphatic rings. The Morgan fingerprint density at radius 2 is 2.30 bits per heavy atom. The van der Waals surface area contributed by atoms with Gasteiger partial charge in [0.15, 0.2) is 0 Å². The van der Waals surface area contributed by atoms with Crippen LogP contribution in [-0.2, 0) is 4.74 Å². The van der Waals surface area contributed by atoms with Crippen LogP contribution >= 0.6 is 0 Å². The number of nitrogens with zero attached hydrogens (tertiary/aromatic N) is 2. The molecule has 1 aromatic rings. The van der Waals surface area contributed by atoms with Gasteiger partial charge in [-0.1, -0.05) is 0 Å². The highest BCUT2D eigenvalue weighted by Crippen LogP contribution is 2.18. The minimum Gasteiger partial charge on any atom is -0.384 e. The second-order valence-electron chi connectivity index (χ2n) is 5.01. The molecule has 0 aromatic carbocycles. The van der Waals surface area contributed by atoms with Crippen molar-refractivity contribution in [2.75, 3.05) is 26.8 Å². The largest absolute Gasteiger partial charge is 0.384 e. The Morgan fingerprint density at radius 1 is 1.50 bits per heavy atom.